The Kier molecular flexibility index (Phi) is 5.08. The van der Waals surface area contributed by atoms with Gasteiger partial charge in [-0.1, -0.05) is 0 Å². The zero-order valence-electron chi connectivity index (χ0n) is 9.15. The average molecular weight is 273 g/mol. The fourth-order valence-corrected chi connectivity index (χ4v) is 2.04. The van der Waals surface area contributed by atoms with Crippen molar-refractivity contribution in [3.05, 3.63) is 33.9 Å². The Bertz CT molecular complexity index is 464. The van der Waals surface area contributed by atoms with Crippen LogP contribution < -0.4 is 0 Å². The number of hydrogen-bond donors (Lipinski definition) is 3. The molecule has 0 spiro atoms. The van der Waals surface area contributed by atoms with Gasteiger partial charge in [0, 0.05) is 16.7 Å². The Hall–Kier alpha value is -1.64. The highest BCUT2D eigenvalue weighted by atomic mass is 32.2. The first kappa shape index (κ1) is 14.4. The highest BCUT2D eigenvalue weighted by molar-refractivity contribution is 7.99. The number of aliphatic hydroxyl groups excluding tert-OH is 2. The number of carboxylic acid groups (broad SMARTS) is 1. The normalized spacial score (nSPS) is 12.1. The second kappa shape index (κ2) is 6.34. The molecule has 1 unspecified atom stereocenters. The molecule has 7 nitrogen and oxygen atoms in total. The molecule has 0 radical (unpaired) electrons. The van der Waals surface area contributed by atoms with Crippen LogP contribution in [0, 0.1) is 10.1 Å². The molecule has 3 N–H and O–H groups in total. The van der Waals surface area contributed by atoms with Crippen LogP contribution >= 0.6 is 11.8 Å². The number of benzene rings is 1. The standard InChI is InChI=1S/C10H11NO6S/c12-4-6(13)5-18-7-1-2-9(11(16)17)8(3-7)10(14)15/h1-3,6,12-13H,4-5H2,(H,14,15). The molecule has 0 fully saturated rings. The van der Waals surface area contributed by atoms with Crippen LogP contribution in [-0.4, -0.2) is 44.7 Å². The maximum absolute atomic E-state index is 10.9. The Morgan fingerprint density at radius 2 is 2.17 bits per heavy atom. The minimum Gasteiger partial charge on any atom is -0.477 e. The number of nitro groups is 1. The molecule has 98 valence electrons. The zero-order chi connectivity index (χ0) is 13.7. The van der Waals surface area contributed by atoms with Gasteiger partial charge in [0.15, 0.2) is 0 Å². The molecule has 0 aliphatic rings. The summed E-state index contributed by atoms with van der Waals surface area (Å²) in [5.74, 6) is -1.21. The van der Waals surface area contributed by atoms with Gasteiger partial charge in [-0.05, 0) is 12.1 Å². The Morgan fingerprint density at radius 3 is 2.67 bits per heavy atom. The summed E-state index contributed by atoms with van der Waals surface area (Å²) in [6.07, 6.45) is -0.918. The Labute approximate surface area is 106 Å². The van der Waals surface area contributed by atoms with Gasteiger partial charge in [0.25, 0.3) is 5.69 Å². The van der Waals surface area contributed by atoms with E-state index in [1.165, 1.54) is 12.1 Å². The van der Waals surface area contributed by atoms with Gasteiger partial charge in [-0.2, -0.15) is 0 Å². The lowest BCUT2D eigenvalue weighted by Gasteiger charge is -2.07. The first-order chi connectivity index (χ1) is 8.45. The van der Waals surface area contributed by atoms with E-state index in [0.717, 1.165) is 17.8 Å². The molecular weight excluding hydrogens is 262 g/mol. The van der Waals surface area contributed by atoms with Gasteiger partial charge < -0.3 is 15.3 Å². The maximum Gasteiger partial charge on any atom is 0.342 e. The number of thioether (sulfide) groups is 1. The third-order valence-corrected chi connectivity index (χ3v) is 3.19. The van der Waals surface area contributed by atoms with Crippen molar-refractivity contribution < 1.29 is 25.0 Å². The van der Waals surface area contributed by atoms with Gasteiger partial charge in [0.1, 0.15) is 5.56 Å². The minimum absolute atomic E-state index is 0.174. The number of aliphatic hydroxyl groups is 2. The molecule has 18 heavy (non-hydrogen) atoms. The molecule has 0 saturated carbocycles. The molecule has 0 aliphatic carbocycles. The van der Waals surface area contributed by atoms with Crippen LogP contribution in [0.1, 0.15) is 10.4 Å². The largest absolute Gasteiger partial charge is 0.477 e. The van der Waals surface area contributed by atoms with Crippen LogP contribution in [0.5, 0.6) is 0 Å². The predicted octanol–water partition coefficient (Wildman–Crippen LogP) is 0.738. The van der Waals surface area contributed by atoms with Crippen molar-refractivity contribution >= 4 is 23.4 Å². The SMILES string of the molecule is O=C(O)c1cc(SCC(O)CO)ccc1[N+](=O)[O-]. The number of rotatable bonds is 6. The lowest BCUT2D eigenvalue weighted by atomic mass is 10.2. The quantitative estimate of drug-likeness (QED) is 0.397. The molecule has 0 aliphatic heterocycles. The van der Waals surface area contributed by atoms with Gasteiger partial charge in [0.05, 0.1) is 17.6 Å². The lowest BCUT2D eigenvalue weighted by molar-refractivity contribution is -0.385. The number of carbonyl (C=O) groups is 1. The van der Waals surface area contributed by atoms with E-state index < -0.39 is 34.9 Å². The summed E-state index contributed by atoms with van der Waals surface area (Å²) in [6.45, 7) is -0.397. The van der Waals surface area contributed by atoms with Crippen LogP contribution in [0.3, 0.4) is 0 Å². The van der Waals surface area contributed by atoms with E-state index in [1.807, 2.05) is 0 Å². The van der Waals surface area contributed by atoms with E-state index in [4.69, 9.17) is 15.3 Å². The van der Waals surface area contributed by atoms with Gasteiger partial charge >= 0.3 is 5.97 Å². The van der Waals surface area contributed by atoms with Crippen molar-refractivity contribution in [2.45, 2.75) is 11.0 Å². The molecule has 1 aromatic rings. The number of aromatic carboxylic acids is 1. The number of nitro benzene ring substituents is 1. The molecule has 0 heterocycles. The summed E-state index contributed by atoms with van der Waals surface area (Å²) in [7, 11) is 0. The summed E-state index contributed by atoms with van der Waals surface area (Å²) in [4.78, 5) is 21.2. The monoisotopic (exact) mass is 273 g/mol. The first-order valence-corrected chi connectivity index (χ1v) is 5.87. The molecule has 0 aromatic heterocycles. The van der Waals surface area contributed by atoms with E-state index in [0.29, 0.717) is 4.90 Å². The molecule has 0 bridgehead atoms. The lowest BCUT2D eigenvalue weighted by Crippen LogP contribution is -2.14. The fourth-order valence-electron chi connectivity index (χ4n) is 1.18. The topological polar surface area (TPSA) is 121 Å². The molecule has 0 saturated heterocycles. The summed E-state index contributed by atoms with van der Waals surface area (Å²) in [6, 6.07) is 3.69. The van der Waals surface area contributed by atoms with E-state index in [1.54, 1.807) is 0 Å². The van der Waals surface area contributed by atoms with Crippen molar-refractivity contribution in [3.63, 3.8) is 0 Å². The Morgan fingerprint density at radius 1 is 1.50 bits per heavy atom. The summed E-state index contributed by atoms with van der Waals surface area (Å²) < 4.78 is 0. The summed E-state index contributed by atoms with van der Waals surface area (Å²) >= 11 is 1.11. The third kappa shape index (κ3) is 3.69. The van der Waals surface area contributed by atoms with E-state index >= 15 is 0 Å². The van der Waals surface area contributed by atoms with Gasteiger partial charge in [-0.25, -0.2) is 4.79 Å². The highest BCUT2D eigenvalue weighted by Crippen LogP contribution is 2.26. The molecular formula is C10H11NO6S. The van der Waals surface area contributed by atoms with Crippen LogP contribution in [0.4, 0.5) is 5.69 Å². The van der Waals surface area contributed by atoms with Crippen LogP contribution in [0.25, 0.3) is 0 Å². The minimum atomic E-state index is -1.38. The second-order valence-electron chi connectivity index (χ2n) is 3.39. The molecule has 0 amide bonds. The summed E-state index contributed by atoms with van der Waals surface area (Å²) in [5, 5.41) is 37.2. The third-order valence-electron chi connectivity index (χ3n) is 2.05. The van der Waals surface area contributed by atoms with Crippen molar-refractivity contribution in [1.82, 2.24) is 0 Å². The number of nitrogens with zero attached hydrogens (tertiary/aromatic N) is 1. The van der Waals surface area contributed by atoms with Crippen molar-refractivity contribution in [2.24, 2.45) is 0 Å². The maximum atomic E-state index is 10.9. The van der Waals surface area contributed by atoms with Crippen molar-refractivity contribution in [3.8, 4) is 0 Å². The van der Waals surface area contributed by atoms with Crippen LogP contribution in [0.15, 0.2) is 23.1 Å². The van der Waals surface area contributed by atoms with Crippen LogP contribution in [-0.2, 0) is 0 Å². The van der Waals surface area contributed by atoms with E-state index in [-0.39, 0.29) is 5.75 Å². The van der Waals surface area contributed by atoms with Gasteiger partial charge in [-0.15, -0.1) is 11.8 Å². The van der Waals surface area contributed by atoms with Gasteiger partial charge in [-0.3, -0.25) is 10.1 Å². The fraction of sp³-hybridized carbons (Fsp3) is 0.300. The van der Waals surface area contributed by atoms with Gasteiger partial charge in [0.2, 0.25) is 0 Å². The van der Waals surface area contributed by atoms with E-state index in [2.05, 4.69) is 0 Å². The van der Waals surface area contributed by atoms with E-state index in [9.17, 15) is 14.9 Å². The first-order valence-electron chi connectivity index (χ1n) is 4.89. The highest BCUT2D eigenvalue weighted by Gasteiger charge is 2.20. The summed E-state index contributed by atoms with van der Waals surface area (Å²) in [5.41, 5.74) is -0.877. The average Bonchev–Trinajstić information content (AvgIpc) is 2.35. The smallest absolute Gasteiger partial charge is 0.342 e. The number of carboxylic acids is 1. The van der Waals surface area contributed by atoms with Crippen LogP contribution in [0.2, 0.25) is 0 Å². The molecule has 1 rings (SSSR count). The van der Waals surface area contributed by atoms with Crippen molar-refractivity contribution in [2.75, 3.05) is 12.4 Å². The Balaban J connectivity index is 2.93. The predicted molar refractivity (Wildman–Crippen MR) is 63.9 cm³/mol. The molecule has 1 atom stereocenters. The van der Waals surface area contributed by atoms with Crippen molar-refractivity contribution in [1.29, 1.82) is 0 Å². The second-order valence-corrected chi connectivity index (χ2v) is 4.48. The zero-order valence-corrected chi connectivity index (χ0v) is 9.96. The number of hydrogen-bond acceptors (Lipinski definition) is 6. The molecule has 8 heteroatoms. The molecule has 1 aromatic carbocycles.